The van der Waals surface area contributed by atoms with Crippen LogP contribution >= 0.6 is 0 Å². The Morgan fingerprint density at radius 2 is 0.833 bits per heavy atom. The Bertz CT molecular complexity index is 27.0. The maximum Gasteiger partial charge on any atom is 0 e. The van der Waals surface area contributed by atoms with Gasteiger partial charge in [0.15, 0.2) is 0 Å². The van der Waals surface area contributed by atoms with Crippen molar-refractivity contribution in [3.05, 3.63) is 13.1 Å². The van der Waals surface area contributed by atoms with Crippen LogP contribution in [0.5, 0.6) is 0 Å². The van der Waals surface area contributed by atoms with Gasteiger partial charge in [0.25, 0.3) is 0 Å². The summed E-state index contributed by atoms with van der Waals surface area (Å²) in [4.78, 5) is 0. The van der Waals surface area contributed by atoms with E-state index >= 15 is 0 Å². The van der Waals surface area contributed by atoms with Crippen LogP contribution in [0.2, 0.25) is 0 Å². The van der Waals surface area contributed by atoms with Crippen molar-refractivity contribution in [2.45, 2.75) is 0 Å². The zero-order valence-corrected chi connectivity index (χ0v) is 8.49. The van der Waals surface area contributed by atoms with Crippen molar-refractivity contribution < 1.29 is 22.4 Å². The van der Waals surface area contributed by atoms with Crippen molar-refractivity contribution >= 4 is 51.4 Å². The van der Waals surface area contributed by atoms with Crippen molar-refractivity contribution in [3.63, 3.8) is 0 Å². The summed E-state index contributed by atoms with van der Waals surface area (Å²) in [7, 11) is 0. The fourth-order valence-corrected chi connectivity index (χ4v) is 0. The van der Waals surface area contributed by atoms with E-state index in [0.717, 1.165) is 0 Å². The minimum absolute atomic E-state index is 0. The minimum Gasteiger partial charge on any atom is -0.512 e. The van der Waals surface area contributed by atoms with Crippen LogP contribution in [-0.2, 0) is 22.4 Å². The number of rotatable bonds is 0. The summed E-state index contributed by atoms with van der Waals surface area (Å²) in [5.74, 6) is 0. The van der Waals surface area contributed by atoms with E-state index < -0.39 is 0 Å². The van der Waals surface area contributed by atoms with Crippen LogP contribution in [-0.4, -0.2) is 51.4 Å². The van der Waals surface area contributed by atoms with Crippen LogP contribution in [0.15, 0.2) is 0 Å². The predicted molar refractivity (Wildman–Crippen MR) is 15.7 cm³/mol. The fourth-order valence-electron chi connectivity index (χ4n) is 0. The van der Waals surface area contributed by atoms with E-state index in [4.69, 9.17) is 23.7 Å². The quantitative estimate of drug-likeness (QED) is 0.458. The minimum atomic E-state index is 0. The average Bonchev–Trinajstić information content (AvgIpc) is 1.50. The fraction of sp³-hybridized carbons (Fsp3) is 0. The predicted octanol–water partition coefficient (Wildman–Crippen LogP) is -0.191. The van der Waals surface area contributed by atoms with Gasteiger partial charge in [0.2, 0.25) is 0 Å². The maximum absolute atomic E-state index is 6.25. The summed E-state index contributed by atoms with van der Waals surface area (Å²) in [6.07, 6.45) is 0. The normalized spacial score (nSPS) is 0.667. The molecule has 0 bridgehead atoms. The first-order valence-corrected chi connectivity index (χ1v) is 0.447. The van der Waals surface area contributed by atoms with E-state index in [1.54, 1.807) is 0 Å². The van der Waals surface area contributed by atoms with Crippen molar-refractivity contribution in [2.75, 3.05) is 0 Å². The molecule has 4 heteroatoms. The molecule has 0 saturated carbocycles. The summed E-state index contributed by atoms with van der Waals surface area (Å²) in [6, 6.07) is 0. The largest absolute Gasteiger partial charge is 0.512 e. The third kappa shape index (κ3) is 55.2. The number of nitrogens with zero attached hydrogens (tertiary/aromatic N) is 2. The molecule has 0 rings (SSSR count). The smallest absolute Gasteiger partial charge is 0 e. The van der Waals surface area contributed by atoms with E-state index in [0.29, 0.717) is 0 Å². The molecule has 0 aromatic carbocycles. The molecule has 0 aliphatic rings. The van der Waals surface area contributed by atoms with Crippen LogP contribution in [0.1, 0.15) is 0 Å². The third-order valence-corrected chi connectivity index (χ3v) is 0. The van der Waals surface area contributed by atoms with Gasteiger partial charge in [0.1, 0.15) is 0 Å². The Labute approximate surface area is 95.5 Å². The van der Waals surface area contributed by atoms with Gasteiger partial charge in [-0.25, -0.2) is 0 Å². The standard InChI is InChI=1S/2CN.Au.K/c2*1-2;;/q2*-1;;. The molecule has 0 atom stereocenters. The van der Waals surface area contributed by atoms with E-state index in [9.17, 15) is 0 Å². The molecule has 6 heavy (non-hydrogen) atoms. The van der Waals surface area contributed by atoms with Gasteiger partial charge in [-0.05, 0) is 0 Å². The molecule has 0 amide bonds. The van der Waals surface area contributed by atoms with Crippen LogP contribution in [0, 0.1) is 23.7 Å². The molecule has 0 aromatic heterocycles. The number of hydrogen-bond donors (Lipinski definition) is 0. The molecule has 0 N–H and O–H groups in total. The monoisotopic (exact) mass is 288 g/mol. The molecule has 32 valence electrons. The molecule has 0 heterocycles. The summed E-state index contributed by atoms with van der Waals surface area (Å²) < 4.78 is 0. The summed E-state index contributed by atoms with van der Waals surface area (Å²) in [5.41, 5.74) is 0. The topological polar surface area (TPSA) is 47.6 Å². The van der Waals surface area contributed by atoms with Gasteiger partial charge in [-0.2, -0.15) is 0 Å². The molecule has 0 aromatic rings. The van der Waals surface area contributed by atoms with E-state index in [2.05, 4.69) is 0 Å². The van der Waals surface area contributed by atoms with E-state index in [1.807, 2.05) is 0 Å². The van der Waals surface area contributed by atoms with Crippen LogP contribution in [0.4, 0.5) is 0 Å². The second-order valence-corrected chi connectivity index (χ2v) is 0. The number of hydrogen-bond acceptors (Lipinski definition) is 2. The van der Waals surface area contributed by atoms with Crippen LogP contribution < -0.4 is 0 Å². The van der Waals surface area contributed by atoms with Crippen LogP contribution in [0.3, 0.4) is 0 Å². The Morgan fingerprint density at radius 1 is 0.833 bits per heavy atom. The van der Waals surface area contributed by atoms with Gasteiger partial charge in [0, 0.05) is 73.8 Å². The van der Waals surface area contributed by atoms with E-state index in [1.165, 1.54) is 0 Å². The Kier molecular flexibility index (Phi) is 436. The van der Waals surface area contributed by atoms with Crippen molar-refractivity contribution in [1.82, 2.24) is 0 Å². The third-order valence-electron chi connectivity index (χ3n) is 0. The van der Waals surface area contributed by atoms with Gasteiger partial charge >= 0.3 is 0 Å². The van der Waals surface area contributed by atoms with Gasteiger partial charge in [-0.15, -0.1) is 0 Å². The van der Waals surface area contributed by atoms with Gasteiger partial charge < -0.3 is 23.7 Å². The Balaban J connectivity index is -0.00000000500. The molecule has 0 spiro atoms. The van der Waals surface area contributed by atoms with Crippen LogP contribution in [0.25, 0.3) is 0 Å². The molecule has 2 nitrogen and oxygen atoms in total. The first-order chi connectivity index (χ1) is 2.00. The zero-order valence-electron chi connectivity index (χ0n) is 3.20. The Hall–Kier alpha value is 1.36. The molecule has 0 unspecified atom stereocenters. The van der Waals surface area contributed by atoms with Gasteiger partial charge in [0.05, 0.1) is 0 Å². The molecular formula is C2AuKN2-2. The summed E-state index contributed by atoms with van der Waals surface area (Å²) >= 11 is 0. The molecular weight excluding hydrogens is 288 g/mol. The molecule has 0 aliphatic carbocycles. The van der Waals surface area contributed by atoms with E-state index in [-0.39, 0.29) is 73.8 Å². The summed E-state index contributed by atoms with van der Waals surface area (Å²) in [5, 5.41) is 12.5. The first kappa shape index (κ1) is 26.4. The summed E-state index contributed by atoms with van der Waals surface area (Å²) in [6.45, 7) is 9.50. The second kappa shape index (κ2) is 99.1. The van der Waals surface area contributed by atoms with Gasteiger partial charge in [-0.1, -0.05) is 0 Å². The maximum atomic E-state index is 6.25. The van der Waals surface area contributed by atoms with Crippen molar-refractivity contribution in [1.29, 1.82) is 10.5 Å². The van der Waals surface area contributed by atoms with Crippen molar-refractivity contribution in [2.24, 2.45) is 0 Å². The average molecular weight is 288 g/mol. The molecule has 2 radical (unpaired) electrons. The SMILES string of the molecule is [Au].[C-]#N.[C-]#N.[K]. The molecule has 0 aliphatic heterocycles. The Morgan fingerprint density at radius 3 is 0.833 bits per heavy atom. The molecule has 0 fully saturated rings. The van der Waals surface area contributed by atoms with Crippen molar-refractivity contribution in [3.8, 4) is 0 Å². The molecule has 0 saturated heterocycles. The second-order valence-electron chi connectivity index (χ2n) is 0. The first-order valence-electron chi connectivity index (χ1n) is 0.447. The van der Waals surface area contributed by atoms with Gasteiger partial charge in [-0.3, -0.25) is 0 Å². The zero-order chi connectivity index (χ0) is 4.00.